The van der Waals surface area contributed by atoms with Crippen molar-refractivity contribution >= 4 is 27.5 Å². The number of nitrogens with zero attached hydrogens (tertiary/aromatic N) is 1. The third-order valence-corrected chi connectivity index (χ3v) is 3.05. The first-order valence-electron chi connectivity index (χ1n) is 5.51. The van der Waals surface area contributed by atoms with Crippen LogP contribution in [-0.2, 0) is 0 Å². The molecule has 1 aromatic carbocycles. The molecule has 0 aliphatic heterocycles. The maximum absolute atomic E-state index is 11.3. The van der Waals surface area contributed by atoms with Gasteiger partial charge in [-0.2, -0.15) is 0 Å². The van der Waals surface area contributed by atoms with E-state index in [4.69, 9.17) is 5.73 Å². The van der Waals surface area contributed by atoms with Crippen LogP contribution in [0, 0.1) is 0 Å². The van der Waals surface area contributed by atoms with Crippen LogP contribution < -0.4 is 16.0 Å². The summed E-state index contributed by atoms with van der Waals surface area (Å²) in [5.74, 6) is -0.395. The second-order valence-electron chi connectivity index (χ2n) is 3.90. The number of benzene rings is 1. The molecule has 3 N–H and O–H groups in total. The summed E-state index contributed by atoms with van der Waals surface area (Å²) < 4.78 is 0.943. The quantitative estimate of drug-likeness (QED) is 0.785. The summed E-state index contributed by atoms with van der Waals surface area (Å²) in [6.45, 7) is 1.82. The maximum atomic E-state index is 11.3. The second-order valence-corrected chi connectivity index (χ2v) is 4.82. The number of carbonyl (C=O) groups excluding carboxylic acids is 1. The van der Waals surface area contributed by atoms with Crippen LogP contribution in [-0.4, -0.2) is 33.1 Å². The predicted molar refractivity (Wildman–Crippen MR) is 74.5 cm³/mol. The third-order valence-electron chi connectivity index (χ3n) is 2.56. The average molecular weight is 300 g/mol. The van der Waals surface area contributed by atoms with Crippen molar-refractivity contribution in [2.45, 2.75) is 6.42 Å². The van der Waals surface area contributed by atoms with Gasteiger partial charge in [0, 0.05) is 18.1 Å². The van der Waals surface area contributed by atoms with Crippen molar-refractivity contribution < 1.29 is 4.79 Å². The molecule has 0 spiro atoms. The van der Waals surface area contributed by atoms with Crippen LogP contribution in [0.15, 0.2) is 22.7 Å². The van der Waals surface area contributed by atoms with E-state index in [0.717, 1.165) is 29.7 Å². The van der Waals surface area contributed by atoms with E-state index >= 15 is 0 Å². The van der Waals surface area contributed by atoms with Gasteiger partial charge in [0.2, 0.25) is 0 Å². The molecule has 1 aromatic rings. The summed E-state index contributed by atoms with van der Waals surface area (Å²) >= 11 is 3.40. The summed E-state index contributed by atoms with van der Waals surface area (Å²) in [7, 11) is 3.89. The molecule has 0 atom stereocenters. The average Bonchev–Trinajstić information content (AvgIpc) is 2.28. The molecule has 17 heavy (non-hydrogen) atoms. The van der Waals surface area contributed by atoms with Gasteiger partial charge in [-0.25, -0.2) is 0 Å². The molecule has 0 saturated carbocycles. The lowest BCUT2D eigenvalue weighted by atomic mass is 10.1. The minimum atomic E-state index is -0.395. The van der Waals surface area contributed by atoms with Crippen LogP contribution in [0.2, 0.25) is 0 Å². The van der Waals surface area contributed by atoms with Gasteiger partial charge in [0.05, 0.1) is 11.3 Å². The summed E-state index contributed by atoms with van der Waals surface area (Å²) in [6, 6.07) is 5.49. The van der Waals surface area contributed by atoms with E-state index in [-0.39, 0.29) is 0 Å². The molecule has 5 heteroatoms. The fourth-order valence-electron chi connectivity index (χ4n) is 1.64. The van der Waals surface area contributed by atoms with Crippen molar-refractivity contribution in [3.8, 4) is 0 Å². The van der Waals surface area contributed by atoms with Crippen LogP contribution in [0.25, 0.3) is 0 Å². The summed E-state index contributed by atoms with van der Waals surface area (Å²) in [5.41, 5.74) is 6.78. The Kier molecular flexibility index (Phi) is 5.44. The monoisotopic (exact) mass is 299 g/mol. The molecule has 0 aliphatic carbocycles. The standard InChI is InChI=1S/C12H18BrN3O/c1-15-6-3-7-16(2)11-8-9(13)4-5-10(11)12(14)17/h4-5,8,15H,3,6-7H2,1-2H3,(H2,14,17). The summed E-state index contributed by atoms with van der Waals surface area (Å²) in [5, 5.41) is 3.10. The number of rotatable bonds is 6. The fourth-order valence-corrected chi connectivity index (χ4v) is 1.99. The van der Waals surface area contributed by atoms with Gasteiger partial charge in [-0.05, 0) is 38.2 Å². The van der Waals surface area contributed by atoms with Crippen LogP contribution in [0.1, 0.15) is 16.8 Å². The minimum Gasteiger partial charge on any atom is -0.374 e. The summed E-state index contributed by atoms with van der Waals surface area (Å²) in [4.78, 5) is 13.4. The number of hydrogen-bond donors (Lipinski definition) is 2. The van der Waals surface area contributed by atoms with Crippen molar-refractivity contribution in [2.24, 2.45) is 5.73 Å². The second kappa shape index (κ2) is 6.61. The lowest BCUT2D eigenvalue weighted by Gasteiger charge is -2.21. The van der Waals surface area contributed by atoms with E-state index in [9.17, 15) is 4.79 Å². The van der Waals surface area contributed by atoms with Gasteiger partial charge in [0.25, 0.3) is 5.91 Å². The van der Waals surface area contributed by atoms with Crippen LogP contribution in [0.5, 0.6) is 0 Å². The Labute approximate surface area is 110 Å². The molecule has 0 heterocycles. The lowest BCUT2D eigenvalue weighted by molar-refractivity contribution is 0.100. The Morgan fingerprint density at radius 2 is 2.24 bits per heavy atom. The van der Waals surface area contributed by atoms with Crippen LogP contribution in [0.3, 0.4) is 0 Å². The number of anilines is 1. The molecule has 0 bridgehead atoms. The highest BCUT2D eigenvalue weighted by Gasteiger charge is 2.11. The third kappa shape index (κ3) is 4.02. The SMILES string of the molecule is CNCCCN(C)c1cc(Br)ccc1C(N)=O. The number of primary amides is 1. The van der Waals surface area contributed by atoms with E-state index in [0.29, 0.717) is 5.56 Å². The zero-order valence-corrected chi connectivity index (χ0v) is 11.8. The molecular weight excluding hydrogens is 282 g/mol. The van der Waals surface area contributed by atoms with Gasteiger partial charge >= 0.3 is 0 Å². The van der Waals surface area contributed by atoms with Gasteiger partial charge < -0.3 is 16.0 Å². The number of nitrogens with one attached hydrogen (secondary N) is 1. The molecule has 94 valence electrons. The molecule has 0 saturated heterocycles. The molecule has 0 aromatic heterocycles. The Morgan fingerprint density at radius 3 is 2.82 bits per heavy atom. The normalized spacial score (nSPS) is 10.3. The number of amides is 1. The van der Waals surface area contributed by atoms with Gasteiger partial charge in [-0.3, -0.25) is 4.79 Å². The zero-order valence-electron chi connectivity index (χ0n) is 10.2. The van der Waals surface area contributed by atoms with Crippen molar-refractivity contribution in [2.75, 3.05) is 32.1 Å². The number of hydrogen-bond acceptors (Lipinski definition) is 3. The van der Waals surface area contributed by atoms with Gasteiger partial charge in [0.1, 0.15) is 0 Å². The van der Waals surface area contributed by atoms with E-state index in [2.05, 4.69) is 21.2 Å². The maximum Gasteiger partial charge on any atom is 0.250 e. The molecule has 4 nitrogen and oxygen atoms in total. The van der Waals surface area contributed by atoms with Crippen molar-refractivity contribution in [1.82, 2.24) is 5.32 Å². The van der Waals surface area contributed by atoms with Crippen molar-refractivity contribution in [3.63, 3.8) is 0 Å². The minimum absolute atomic E-state index is 0.395. The van der Waals surface area contributed by atoms with Crippen molar-refractivity contribution in [1.29, 1.82) is 0 Å². The molecule has 1 rings (SSSR count). The number of halogens is 1. The highest BCUT2D eigenvalue weighted by Crippen LogP contribution is 2.24. The Hall–Kier alpha value is -1.07. The first kappa shape index (κ1) is 14.0. The smallest absolute Gasteiger partial charge is 0.250 e. The molecule has 0 radical (unpaired) electrons. The number of carbonyl (C=O) groups is 1. The number of nitrogens with two attached hydrogens (primary N) is 1. The van der Waals surface area contributed by atoms with E-state index in [1.165, 1.54) is 0 Å². The van der Waals surface area contributed by atoms with Gasteiger partial charge in [0.15, 0.2) is 0 Å². The Balaban J connectivity index is 2.86. The van der Waals surface area contributed by atoms with E-state index < -0.39 is 5.91 Å². The lowest BCUT2D eigenvalue weighted by Crippen LogP contribution is -2.25. The highest BCUT2D eigenvalue weighted by molar-refractivity contribution is 9.10. The highest BCUT2D eigenvalue weighted by atomic mass is 79.9. The first-order valence-corrected chi connectivity index (χ1v) is 6.30. The van der Waals surface area contributed by atoms with Crippen molar-refractivity contribution in [3.05, 3.63) is 28.2 Å². The molecule has 1 amide bonds. The Bertz CT molecular complexity index is 395. The fraction of sp³-hybridized carbons (Fsp3) is 0.417. The van der Waals surface area contributed by atoms with E-state index in [1.54, 1.807) is 6.07 Å². The molecule has 0 fully saturated rings. The summed E-state index contributed by atoms with van der Waals surface area (Å²) in [6.07, 6.45) is 1.01. The largest absolute Gasteiger partial charge is 0.374 e. The van der Waals surface area contributed by atoms with Gasteiger partial charge in [-0.1, -0.05) is 15.9 Å². The van der Waals surface area contributed by atoms with E-state index in [1.807, 2.05) is 31.1 Å². The predicted octanol–water partition coefficient (Wildman–Crippen LogP) is 1.59. The molecular formula is C12H18BrN3O. The molecule has 0 aliphatic rings. The van der Waals surface area contributed by atoms with Crippen LogP contribution in [0.4, 0.5) is 5.69 Å². The first-order chi connectivity index (χ1) is 8.06. The molecule has 0 unspecified atom stereocenters. The topological polar surface area (TPSA) is 58.4 Å². The van der Waals surface area contributed by atoms with Crippen LogP contribution >= 0.6 is 15.9 Å². The van der Waals surface area contributed by atoms with Gasteiger partial charge in [-0.15, -0.1) is 0 Å². The zero-order chi connectivity index (χ0) is 12.8. The Morgan fingerprint density at radius 1 is 1.53 bits per heavy atom.